The van der Waals surface area contributed by atoms with E-state index >= 15 is 0 Å². The van der Waals surface area contributed by atoms with E-state index in [-0.39, 0.29) is 0 Å². The van der Waals surface area contributed by atoms with Gasteiger partial charge in [0.1, 0.15) is 6.17 Å². The molecule has 0 aromatic carbocycles. The average molecular weight is 399 g/mol. The summed E-state index contributed by atoms with van der Waals surface area (Å²) in [6.45, 7) is 4.20. The van der Waals surface area contributed by atoms with E-state index in [9.17, 15) is 13.2 Å². The first-order valence-electron chi connectivity index (χ1n) is 9.38. The summed E-state index contributed by atoms with van der Waals surface area (Å²) in [7, 11) is 0. The summed E-state index contributed by atoms with van der Waals surface area (Å²) in [6.07, 6.45) is 0.258. The van der Waals surface area contributed by atoms with Crippen LogP contribution in [0, 0.1) is 0 Å². The number of pyridine rings is 3. The molecule has 0 saturated carbocycles. The maximum absolute atomic E-state index is 13.1. The number of halogens is 3. The summed E-state index contributed by atoms with van der Waals surface area (Å²) in [5, 5.41) is 3.13. The van der Waals surface area contributed by atoms with Crippen molar-refractivity contribution in [3.8, 4) is 0 Å². The number of hydrogen-bond acceptors (Lipinski definition) is 5. The first-order valence-corrected chi connectivity index (χ1v) is 9.38. The summed E-state index contributed by atoms with van der Waals surface area (Å²) in [4.78, 5) is 14.9. The van der Waals surface area contributed by atoms with E-state index in [1.807, 2.05) is 29.2 Å². The molecule has 1 aliphatic heterocycles. The second-order valence-corrected chi connectivity index (χ2v) is 7.01. The number of aromatic nitrogens is 3. The molecule has 3 aromatic rings. The van der Waals surface area contributed by atoms with E-state index in [0.29, 0.717) is 23.1 Å². The minimum Gasteiger partial charge on any atom is -0.357 e. The molecule has 4 rings (SSSR count). The summed E-state index contributed by atoms with van der Waals surface area (Å²) in [5.74, 6) is 0.735. The van der Waals surface area contributed by atoms with Crippen LogP contribution in [0.1, 0.15) is 49.3 Å². The Bertz CT molecular complexity index is 989. The fourth-order valence-corrected chi connectivity index (χ4v) is 3.30. The van der Waals surface area contributed by atoms with Gasteiger partial charge in [-0.05, 0) is 42.7 Å². The third-order valence-corrected chi connectivity index (χ3v) is 5.11. The maximum atomic E-state index is 13.1. The highest BCUT2D eigenvalue weighted by atomic mass is 19.4. The Kier molecular flexibility index (Phi) is 4.86. The van der Waals surface area contributed by atoms with Gasteiger partial charge in [0.15, 0.2) is 5.82 Å². The molecule has 0 bridgehead atoms. The van der Waals surface area contributed by atoms with Crippen LogP contribution in [0.3, 0.4) is 0 Å². The predicted molar refractivity (Wildman–Crippen MR) is 105 cm³/mol. The fourth-order valence-electron chi connectivity index (χ4n) is 3.30. The minimum atomic E-state index is -4.46. The molecule has 5 nitrogen and oxygen atoms in total. The zero-order valence-electron chi connectivity index (χ0n) is 16.0. The molecule has 8 heteroatoms. The number of hydrogen-bond donors (Lipinski definition) is 1. The van der Waals surface area contributed by atoms with Gasteiger partial charge in [0.05, 0.1) is 28.8 Å². The lowest BCUT2D eigenvalue weighted by Crippen LogP contribution is -2.24. The maximum Gasteiger partial charge on any atom is 0.417 e. The van der Waals surface area contributed by atoms with Gasteiger partial charge in [-0.1, -0.05) is 19.9 Å². The van der Waals surface area contributed by atoms with Crippen molar-refractivity contribution >= 4 is 17.2 Å². The van der Waals surface area contributed by atoms with Crippen LogP contribution in [0.2, 0.25) is 0 Å². The Morgan fingerprint density at radius 3 is 2.55 bits per heavy atom. The van der Waals surface area contributed by atoms with Crippen molar-refractivity contribution in [2.75, 3.05) is 10.2 Å². The van der Waals surface area contributed by atoms with Crippen LogP contribution >= 0.6 is 0 Å². The van der Waals surface area contributed by atoms with Crippen LogP contribution in [0.15, 0.2) is 55.0 Å². The van der Waals surface area contributed by atoms with E-state index in [1.54, 1.807) is 18.5 Å². The molecule has 1 aliphatic rings. The van der Waals surface area contributed by atoms with Crippen LogP contribution in [-0.4, -0.2) is 15.0 Å². The molecule has 29 heavy (non-hydrogen) atoms. The Morgan fingerprint density at radius 2 is 1.93 bits per heavy atom. The van der Waals surface area contributed by atoms with E-state index in [0.717, 1.165) is 30.1 Å². The van der Waals surface area contributed by atoms with Crippen molar-refractivity contribution in [3.05, 3.63) is 71.9 Å². The molecule has 0 amide bonds. The number of anilines is 3. The minimum absolute atomic E-state index is 0.307. The van der Waals surface area contributed by atoms with Crippen molar-refractivity contribution in [1.29, 1.82) is 0 Å². The molecule has 0 radical (unpaired) electrons. The van der Waals surface area contributed by atoms with Gasteiger partial charge in [-0.15, -0.1) is 0 Å². The van der Waals surface area contributed by atoms with Crippen LogP contribution in [0.5, 0.6) is 0 Å². The van der Waals surface area contributed by atoms with Gasteiger partial charge in [-0.2, -0.15) is 13.2 Å². The van der Waals surface area contributed by atoms with Crippen LogP contribution in [-0.2, 0) is 6.18 Å². The summed E-state index contributed by atoms with van der Waals surface area (Å²) >= 11 is 0. The van der Waals surface area contributed by atoms with Crippen LogP contribution < -0.4 is 10.2 Å². The predicted octanol–water partition coefficient (Wildman–Crippen LogP) is 5.67. The van der Waals surface area contributed by atoms with Gasteiger partial charge in [-0.3, -0.25) is 14.9 Å². The van der Waals surface area contributed by atoms with Gasteiger partial charge in [0.25, 0.3) is 0 Å². The van der Waals surface area contributed by atoms with Crippen LogP contribution in [0.25, 0.3) is 0 Å². The van der Waals surface area contributed by atoms with Gasteiger partial charge < -0.3 is 5.32 Å². The largest absolute Gasteiger partial charge is 0.417 e. The van der Waals surface area contributed by atoms with E-state index < -0.39 is 17.9 Å². The Hall–Kier alpha value is -3.16. The van der Waals surface area contributed by atoms with E-state index in [1.165, 1.54) is 0 Å². The quantitative estimate of drug-likeness (QED) is 0.613. The zero-order chi connectivity index (χ0) is 20.6. The highest BCUT2D eigenvalue weighted by Crippen LogP contribution is 2.45. The second kappa shape index (κ2) is 7.35. The first-order chi connectivity index (χ1) is 13.9. The number of nitrogens with zero attached hydrogens (tertiary/aromatic N) is 4. The van der Waals surface area contributed by atoms with Crippen LogP contribution in [0.4, 0.5) is 30.4 Å². The van der Waals surface area contributed by atoms with Gasteiger partial charge in [-0.25, -0.2) is 4.98 Å². The lowest BCUT2D eigenvalue weighted by Gasteiger charge is -2.25. The van der Waals surface area contributed by atoms with Crippen molar-refractivity contribution < 1.29 is 13.2 Å². The Labute approximate surface area is 166 Å². The molecule has 2 unspecified atom stereocenters. The molecule has 2 atom stereocenters. The molecule has 150 valence electrons. The molecule has 1 N–H and O–H groups in total. The standard InChI is InChI=1S/C21H20F3N5/c1-3-13(2)16-8-7-15(12-26-16)29-19-18(10-14(11-27-19)21(22,23)24)28-20(29)17-6-4-5-9-25-17/h4-13,20,28H,3H2,1-2H3. The van der Waals surface area contributed by atoms with Gasteiger partial charge in [0.2, 0.25) is 0 Å². The lowest BCUT2D eigenvalue weighted by molar-refractivity contribution is -0.137. The Morgan fingerprint density at radius 1 is 1.10 bits per heavy atom. The highest BCUT2D eigenvalue weighted by molar-refractivity contribution is 5.80. The van der Waals surface area contributed by atoms with Gasteiger partial charge in [0, 0.05) is 18.1 Å². The normalized spacial score (nSPS) is 17.0. The molecular formula is C21H20F3N5. The van der Waals surface area contributed by atoms with Crippen molar-refractivity contribution in [1.82, 2.24) is 15.0 Å². The third-order valence-electron chi connectivity index (χ3n) is 5.11. The average Bonchev–Trinajstić information content (AvgIpc) is 3.12. The highest BCUT2D eigenvalue weighted by Gasteiger charge is 2.37. The number of alkyl halides is 3. The van der Waals surface area contributed by atoms with Crippen molar-refractivity contribution in [2.24, 2.45) is 0 Å². The number of nitrogens with one attached hydrogen (secondary N) is 1. The van der Waals surface area contributed by atoms with E-state index in [4.69, 9.17) is 0 Å². The molecule has 0 aliphatic carbocycles. The summed E-state index contributed by atoms with van der Waals surface area (Å²) in [6, 6.07) is 10.4. The smallest absolute Gasteiger partial charge is 0.357 e. The topological polar surface area (TPSA) is 53.9 Å². The Balaban J connectivity index is 1.78. The van der Waals surface area contributed by atoms with Crippen molar-refractivity contribution in [2.45, 2.75) is 38.5 Å². The SMILES string of the molecule is CCC(C)c1ccc(N2c3ncc(C(F)(F)F)cc3NC2c2ccccn2)cn1. The fraction of sp³-hybridized carbons (Fsp3) is 0.286. The monoisotopic (exact) mass is 399 g/mol. The molecule has 0 saturated heterocycles. The number of fused-ring (bicyclic) bond motifs is 1. The van der Waals surface area contributed by atoms with Crippen molar-refractivity contribution in [3.63, 3.8) is 0 Å². The summed E-state index contributed by atoms with van der Waals surface area (Å²) in [5.41, 5.74) is 1.88. The molecule has 0 fully saturated rings. The lowest BCUT2D eigenvalue weighted by atomic mass is 10.0. The molecular weight excluding hydrogens is 379 g/mol. The molecule has 3 aromatic heterocycles. The van der Waals surface area contributed by atoms with Gasteiger partial charge >= 0.3 is 6.18 Å². The second-order valence-electron chi connectivity index (χ2n) is 7.01. The zero-order valence-corrected chi connectivity index (χ0v) is 16.0. The van der Waals surface area contributed by atoms with E-state index in [2.05, 4.69) is 34.1 Å². The number of rotatable bonds is 4. The molecule has 0 spiro atoms. The first kappa shape index (κ1) is 19.2. The molecule has 4 heterocycles. The summed E-state index contributed by atoms with van der Waals surface area (Å²) < 4.78 is 39.4. The third kappa shape index (κ3) is 3.62.